The van der Waals surface area contributed by atoms with Gasteiger partial charge in [0.15, 0.2) is 16.8 Å². The molecule has 120 valence electrons. The van der Waals surface area contributed by atoms with E-state index in [4.69, 9.17) is 0 Å². The minimum Gasteiger partial charge on any atom is -0.302 e. The Morgan fingerprint density at radius 3 is 2.65 bits per heavy atom. The number of hydrogen-bond acceptors (Lipinski definition) is 7. The molecule has 3 aromatic rings. The molecule has 0 fully saturated rings. The average molecular weight is 330 g/mol. The van der Waals surface area contributed by atoms with Crippen molar-refractivity contribution in [3.05, 3.63) is 30.4 Å². The fraction of sp³-hybridized carbons (Fsp3) is 0.429. The molecule has 8 nitrogen and oxygen atoms in total. The van der Waals surface area contributed by atoms with Crippen molar-refractivity contribution >= 4 is 11.8 Å². The summed E-state index contributed by atoms with van der Waals surface area (Å²) in [6.45, 7) is 5.81. The smallest absolute Gasteiger partial charge is 0.191 e. The SMILES string of the molecule is CCCn1nnnc1CSc1nnc(-c2ccncc2)n1CC. The van der Waals surface area contributed by atoms with Gasteiger partial charge in [0.1, 0.15) is 0 Å². The van der Waals surface area contributed by atoms with Crippen molar-refractivity contribution in [2.24, 2.45) is 0 Å². The van der Waals surface area contributed by atoms with Gasteiger partial charge in [-0.1, -0.05) is 18.7 Å². The van der Waals surface area contributed by atoms with Crippen molar-refractivity contribution < 1.29 is 0 Å². The Balaban J connectivity index is 1.78. The van der Waals surface area contributed by atoms with Crippen LogP contribution in [-0.2, 0) is 18.8 Å². The van der Waals surface area contributed by atoms with Crippen LogP contribution in [0.25, 0.3) is 11.4 Å². The third kappa shape index (κ3) is 3.39. The number of thioether (sulfide) groups is 1. The van der Waals surface area contributed by atoms with Gasteiger partial charge in [0.25, 0.3) is 0 Å². The van der Waals surface area contributed by atoms with Crippen molar-refractivity contribution in [1.29, 1.82) is 0 Å². The molecule has 3 rings (SSSR count). The van der Waals surface area contributed by atoms with Crippen LogP contribution in [0, 0.1) is 0 Å². The maximum absolute atomic E-state index is 4.32. The fourth-order valence-corrected chi connectivity index (χ4v) is 3.17. The maximum atomic E-state index is 4.32. The topological polar surface area (TPSA) is 87.2 Å². The fourth-order valence-electron chi connectivity index (χ4n) is 2.24. The molecule has 0 atom stereocenters. The summed E-state index contributed by atoms with van der Waals surface area (Å²) in [5.41, 5.74) is 1.01. The Bertz CT molecular complexity index is 751. The molecule has 0 bridgehead atoms. The molecule has 0 amide bonds. The number of tetrazole rings is 1. The van der Waals surface area contributed by atoms with Gasteiger partial charge >= 0.3 is 0 Å². The molecule has 0 aromatic carbocycles. The van der Waals surface area contributed by atoms with Gasteiger partial charge in [-0.3, -0.25) is 4.98 Å². The highest BCUT2D eigenvalue weighted by molar-refractivity contribution is 7.98. The normalized spacial score (nSPS) is 11.0. The highest BCUT2D eigenvalue weighted by Crippen LogP contribution is 2.25. The zero-order valence-electron chi connectivity index (χ0n) is 13.1. The monoisotopic (exact) mass is 330 g/mol. The molecular weight excluding hydrogens is 312 g/mol. The van der Waals surface area contributed by atoms with E-state index in [0.717, 1.165) is 41.9 Å². The average Bonchev–Trinajstić information content (AvgIpc) is 3.20. The summed E-state index contributed by atoms with van der Waals surface area (Å²) in [7, 11) is 0. The Hall–Kier alpha value is -2.29. The lowest BCUT2D eigenvalue weighted by molar-refractivity contribution is 0.564. The molecular formula is C14H18N8S. The van der Waals surface area contributed by atoms with Crippen molar-refractivity contribution in [2.75, 3.05) is 0 Å². The zero-order chi connectivity index (χ0) is 16.1. The van der Waals surface area contributed by atoms with Crippen LogP contribution in [0.2, 0.25) is 0 Å². The van der Waals surface area contributed by atoms with Gasteiger partial charge in [-0.05, 0) is 35.9 Å². The van der Waals surface area contributed by atoms with Gasteiger partial charge in [-0.15, -0.1) is 15.3 Å². The van der Waals surface area contributed by atoms with Crippen LogP contribution in [0.5, 0.6) is 0 Å². The van der Waals surface area contributed by atoms with E-state index >= 15 is 0 Å². The number of hydrogen-bond donors (Lipinski definition) is 0. The summed E-state index contributed by atoms with van der Waals surface area (Å²) in [5, 5.41) is 21.3. The first-order chi connectivity index (χ1) is 11.3. The van der Waals surface area contributed by atoms with E-state index in [9.17, 15) is 0 Å². The third-order valence-corrected chi connectivity index (χ3v) is 4.31. The number of pyridine rings is 1. The summed E-state index contributed by atoms with van der Waals surface area (Å²) in [6.07, 6.45) is 4.52. The van der Waals surface area contributed by atoms with Gasteiger partial charge in [0, 0.05) is 31.0 Å². The van der Waals surface area contributed by atoms with E-state index in [2.05, 4.69) is 49.1 Å². The van der Waals surface area contributed by atoms with E-state index in [0.29, 0.717) is 5.75 Å². The minimum atomic E-state index is 0.668. The van der Waals surface area contributed by atoms with Gasteiger partial charge in [0.05, 0.1) is 5.75 Å². The predicted molar refractivity (Wildman–Crippen MR) is 86.6 cm³/mol. The second-order valence-corrected chi connectivity index (χ2v) is 5.84. The highest BCUT2D eigenvalue weighted by atomic mass is 32.2. The molecule has 0 radical (unpaired) electrons. The van der Waals surface area contributed by atoms with E-state index < -0.39 is 0 Å². The molecule has 0 aliphatic heterocycles. The van der Waals surface area contributed by atoms with E-state index in [1.165, 1.54) is 0 Å². The Kier molecular flexibility index (Phi) is 4.96. The van der Waals surface area contributed by atoms with Gasteiger partial charge in [0.2, 0.25) is 0 Å². The summed E-state index contributed by atoms with van der Waals surface area (Å²) in [4.78, 5) is 4.04. The summed E-state index contributed by atoms with van der Waals surface area (Å²) in [6, 6.07) is 3.87. The van der Waals surface area contributed by atoms with Gasteiger partial charge in [-0.25, -0.2) is 4.68 Å². The first-order valence-corrected chi connectivity index (χ1v) is 8.53. The minimum absolute atomic E-state index is 0.668. The van der Waals surface area contributed by atoms with Crippen LogP contribution in [0.15, 0.2) is 29.7 Å². The quantitative estimate of drug-likeness (QED) is 0.613. The lowest BCUT2D eigenvalue weighted by Crippen LogP contribution is -2.05. The molecule has 0 saturated carbocycles. The molecule has 0 aliphatic carbocycles. The molecule has 3 heterocycles. The lowest BCUT2D eigenvalue weighted by atomic mass is 10.2. The Morgan fingerprint density at radius 1 is 1.09 bits per heavy atom. The molecule has 3 aromatic heterocycles. The number of nitrogens with zero attached hydrogens (tertiary/aromatic N) is 8. The molecule has 0 aliphatic rings. The molecule has 9 heteroatoms. The lowest BCUT2D eigenvalue weighted by Gasteiger charge is -2.07. The molecule has 0 spiro atoms. The Morgan fingerprint density at radius 2 is 1.91 bits per heavy atom. The molecule has 0 N–H and O–H groups in total. The van der Waals surface area contributed by atoms with E-state index in [1.54, 1.807) is 24.2 Å². The van der Waals surface area contributed by atoms with Gasteiger partial charge < -0.3 is 4.57 Å². The second-order valence-electron chi connectivity index (χ2n) is 4.89. The standard InChI is InChI=1S/C14H18N8S/c1-3-9-22-12(16-19-20-22)10-23-14-18-17-13(21(14)4-2)11-5-7-15-8-6-11/h5-8H,3-4,9-10H2,1-2H3. The van der Waals surface area contributed by atoms with Crippen molar-refractivity contribution in [3.8, 4) is 11.4 Å². The summed E-state index contributed by atoms with van der Waals surface area (Å²) >= 11 is 1.60. The van der Waals surface area contributed by atoms with Crippen molar-refractivity contribution in [3.63, 3.8) is 0 Å². The second kappa shape index (κ2) is 7.32. The summed E-state index contributed by atoms with van der Waals surface area (Å²) in [5.74, 6) is 2.38. The zero-order valence-corrected chi connectivity index (χ0v) is 13.9. The highest BCUT2D eigenvalue weighted by Gasteiger charge is 2.14. The third-order valence-electron chi connectivity index (χ3n) is 3.34. The van der Waals surface area contributed by atoms with Crippen LogP contribution in [0.4, 0.5) is 0 Å². The van der Waals surface area contributed by atoms with Crippen LogP contribution < -0.4 is 0 Å². The van der Waals surface area contributed by atoms with Crippen molar-refractivity contribution in [1.82, 2.24) is 40.0 Å². The van der Waals surface area contributed by atoms with E-state index in [1.807, 2.05) is 16.8 Å². The first kappa shape index (κ1) is 15.6. The van der Waals surface area contributed by atoms with Crippen LogP contribution in [0.1, 0.15) is 26.1 Å². The number of rotatable bonds is 7. The number of aromatic nitrogens is 8. The summed E-state index contributed by atoms with van der Waals surface area (Å²) < 4.78 is 3.93. The van der Waals surface area contributed by atoms with Crippen LogP contribution in [0.3, 0.4) is 0 Å². The van der Waals surface area contributed by atoms with E-state index in [-0.39, 0.29) is 0 Å². The molecule has 23 heavy (non-hydrogen) atoms. The number of aryl methyl sites for hydroxylation is 1. The molecule has 0 unspecified atom stereocenters. The maximum Gasteiger partial charge on any atom is 0.191 e. The largest absolute Gasteiger partial charge is 0.302 e. The van der Waals surface area contributed by atoms with Gasteiger partial charge in [-0.2, -0.15) is 0 Å². The van der Waals surface area contributed by atoms with Crippen molar-refractivity contribution in [2.45, 2.75) is 44.3 Å². The molecule has 0 saturated heterocycles. The predicted octanol–water partition coefficient (Wildman–Crippen LogP) is 2.05. The van der Waals surface area contributed by atoms with Crippen LogP contribution >= 0.6 is 11.8 Å². The first-order valence-electron chi connectivity index (χ1n) is 7.55. The van der Waals surface area contributed by atoms with Crippen LogP contribution in [-0.4, -0.2) is 40.0 Å². The Labute approximate surface area is 138 Å².